The first-order chi connectivity index (χ1) is 13.9. The van der Waals surface area contributed by atoms with Gasteiger partial charge in [-0.25, -0.2) is 9.98 Å². The topological polar surface area (TPSA) is 124 Å². The molecule has 0 aromatic carbocycles. The third-order valence-electron chi connectivity index (χ3n) is 4.44. The van der Waals surface area contributed by atoms with E-state index in [0.717, 1.165) is 17.1 Å². The Morgan fingerprint density at radius 2 is 2.17 bits per heavy atom. The van der Waals surface area contributed by atoms with E-state index in [2.05, 4.69) is 30.8 Å². The summed E-state index contributed by atoms with van der Waals surface area (Å²) in [6, 6.07) is 5.47. The van der Waals surface area contributed by atoms with Gasteiger partial charge in [-0.15, -0.1) is 0 Å². The molecule has 4 N–H and O–H groups in total. The Labute approximate surface area is 169 Å². The zero-order chi connectivity index (χ0) is 20.9. The van der Waals surface area contributed by atoms with Crippen LogP contribution < -0.4 is 10.6 Å². The van der Waals surface area contributed by atoms with Crippen LogP contribution in [0.4, 0.5) is 0 Å². The van der Waals surface area contributed by atoms with Gasteiger partial charge in [-0.05, 0) is 45.9 Å². The average molecular weight is 400 g/mol. The Kier molecular flexibility index (Phi) is 6.38. The van der Waals surface area contributed by atoms with Crippen molar-refractivity contribution in [3.8, 4) is 11.6 Å². The van der Waals surface area contributed by atoms with E-state index in [4.69, 9.17) is 8.83 Å². The first kappa shape index (κ1) is 20.7. The number of furan rings is 2. The minimum atomic E-state index is -1.12. The molecule has 0 saturated carbocycles. The lowest BCUT2D eigenvalue weighted by molar-refractivity contribution is 0.0657. The van der Waals surface area contributed by atoms with E-state index in [-0.39, 0.29) is 6.54 Å². The number of H-pyrrole nitrogens is 1. The quantitative estimate of drug-likeness (QED) is 0.338. The minimum Gasteiger partial charge on any atom is -0.466 e. The van der Waals surface area contributed by atoms with Crippen molar-refractivity contribution in [2.75, 3.05) is 19.6 Å². The summed E-state index contributed by atoms with van der Waals surface area (Å²) in [5.41, 5.74) is -0.366. The van der Waals surface area contributed by atoms with Gasteiger partial charge in [0.25, 0.3) is 0 Å². The Bertz CT molecular complexity index is 939. The highest BCUT2D eigenvalue weighted by molar-refractivity contribution is 5.79. The van der Waals surface area contributed by atoms with E-state index in [9.17, 15) is 5.11 Å². The number of aromatic amines is 1. The Morgan fingerprint density at radius 1 is 1.34 bits per heavy atom. The van der Waals surface area contributed by atoms with Crippen molar-refractivity contribution in [3.63, 3.8) is 0 Å². The summed E-state index contributed by atoms with van der Waals surface area (Å²) in [5, 5.41) is 24.3. The number of rotatable bonds is 8. The number of hydrogen-bond donors (Lipinski definition) is 4. The van der Waals surface area contributed by atoms with E-state index < -0.39 is 5.60 Å². The number of aryl methyl sites for hydroxylation is 2. The molecular weight excluding hydrogens is 372 g/mol. The fourth-order valence-corrected chi connectivity index (χ4v) is 3.05. The molecule has 0 aliphatic carbocycles. The molecule has 0 aliphatic heterocycles. The van der Waals surface area contributed by atoms with Crippen molar-refractivity contribution < 1.29 is 13.9 Å². The zero-order valence-corrected chi connectivity index (χ0v) is 17.2. The second-order valence-corrected chi connectivity index (χ2v) is 7.06. The van der Waals surface area contributed by atoms with Gasteiger partial charge < -0.3 is 24.6 Å². The second-order valence-electron chi connectivity index (χ2n) is 7.06. The van der Waals surface area contributed by atoms with Crippen LogP contribution in [0.3, 0.4) is 0 Å². The molecule has 0 radical (unpaired) electrons. The molecule has 0 fully saturated rings. The van der Waals surface area contributed by atoms with Crippen LogP contribution >= 0.6 is 0 Å². The summed E-state index contributed by atoms with van der Waals surface area (Å²) in [5.74, 6) is 4.01. The predicted molar refractivity (Wildman–Crippen MR) is 110 cm³/mol. The molecule has 1 unspecified atom stereocenters. The van der Waals surface area contributed by atoms with Crippen LogP contribution in [0.25, 0.3) is 11.6 Å². The molecule has 9 nitrogen and oxygen atoms in total. The molecular formula is C20H28N6O3. The lowest BCUT2D eigenvalue weighted by atomic mass is 9.96. The van der Waals surface area contributed by atoms with Gasteiger partial charge in [-0.2, -0.15) is 5.10 Å². The van der Waals surface area contributed by atoms with Gasteiger partial charge in [0.2, 0.25) is 5.82 Å². The van der Waals surface area contributed by atoms with Gasteiger partial charge in [0.15, 0.2) is 11.7 Å². The van der Waals surface area contributed by atoms with Crippen LogP contribution in [0.5, 0.6) is 0 Å². The third-order valence-corrected chi connectivity index (χ3v) is 4.44. The van der Waals surface area contributed by atoms with Gasteiger partial charge in [0.1, 0.15) is 22.9 Å². The Hall–Kier alpha value is -3.07. The van der Waals surface area contributed by atoms with Crippen LogP contribution in [0.1, 0.15) is 36.8 Å². The molecule has 3 aromatic rings. The smallest absolute Gasteiger partial charge is 0.216 e. The van der Waals surface area contributed by atoms with Gasteiger partial charge >= 0.3 is 0 Å². The lowest BCUT2D eigenvalue weighted by Crippen LogP contribution is -2.39. The maximum absolute atomic E-state index is 10.8. The molecule has 1 atom stereocenters. The molecule has 0 bridgehead atoms. The van der Waals surface area contributed by atoms with Crippen LogP contribution in [-0.2, 0) is 12.0 Å². The van der Waals surface area contributed by atoms with E-state index in [0.29, 0.717) is 42.8 Å². The predicted octanol–water partition coefficient (Wildman–Crippen LogP) is 2.28. The number of guanidine groups is 1. The van der Waals surface area contributed by atoms with E-state index in [1.165, 1.54) is 0 Å². The average Bonchev–Trinajstić information content (AvgIpc) is 3.40. The highest BCUT2D eigenvalue weighted by atomic mass is 16.3. The Morgan fingerprint density at radius 3 is 2.83 bits per heavy atom. The normalized spacial score (nSPS) is 14.0. The highest BCUT2D eigenvalue weighted by Gasteiger charge is 2.27. The number of aromatic nitrogens is 3. The third kappa shape index (κ3) is 5.26. The summed E-state index contributed by atoms with van der Waals surface area (Å²) in [7, 11) is 0. The van der Waals surface area contributed by atoms with Crippen LogP contribution in [-0.4, -0.2) is 45.9 Å². The molecule has 3 heterocycles. The molecule has 9 heteroatoms. The lowest BCUT2D eigenvalue weighted by Gasteiger charge is -2.21. The van der Waals surface area contributed by atoms with Gasteiger partial charge in [0, 0.05) is 25.1 Å². The SMILES string of the molecule is CCNC(=NCC(C)(O)c1cc(C)oc1C)NCCc1nc(-c2ccco2)n[nH]1. The summed E-state index contributed by atoms with van der Waals surface area (Å²) in [6.07, 6.45) is 2.22. The van der Waals surface area contributed by atoms with Crippen LogP contribution in [0.15, 0.2) is 38.3 Å². The molecule has 0 aliphatic rings. The highest BCUT2D eigenvalue weighted by Crippen LogP contribution is 2.27. The van der Waals surface area contributed by atoms with Crippen molar-refractivity contribution in [1.82, 2.24) is 25.8 Å². The van der Waals surface area contributed by atoms with Crippen molar-refractivity contribution in [2.24, 2.45) is 4.99 Å². The van der Waals surface area contributed by atoms with Crippen molar-refractivity contribution in [1.29, 1.82) is 0 Å². The van der Waals surface area contributed by atoms with Crippen molar-refractivity contribution in [3.05, 3.63) is 47.4 Å². The zero-order valence-electron chi connectivity index (χ0n) is 17.2. The molecule has 3 rings (SSSR count). The van der Waals surface area contributed by atoms with Gasteiger partial charge in [-0.1, -0.05) is 0 Å². The minimum absolute atomic E-state index is 0.201. The van der Waals surface area contributed by atoms with Crippen molar-refractivity contribution >= 4 is 5.96 Å². The summed E-state index contributed by atoms with van der Waals surface area (Å²) >= 11 is 0. The molecule has 0 spiro atoms. The van der Waals surface area contributed by atoms with Crippen molar-refractivity contribution in [2.45, 2.75) is 39.7 Å². The van der Waals surface area contributed by atoms with E-state index >= 15 is 0 Å². The molecule has 0 saturated heterocycles. The van der Waals surface area contributed by atoms with Gasteiger partial charge in [-0.3, -0.25) is 5.10 Å². The van der Waals surface area contributed by atoms with Crippen LogP contribution in [0.2, 0.25) is 0 Å². The number of nitrogens with one attached hydrogen (secondary N) is 3. The fourth-order valence-electron chi connectivity index (χ4n) is 3.05. The summed E-state index contributed by atoms with van der Waals surface area (Å²) in [6.45, 7) is 8.95. The second kappa shape index (κ2) is 8.95. The fraction of sp³-hybridized carbons (Fsp3) is 0.450. The van der Waals surface area contributed by atoms with E-state index in [1.807, 2.05) is 32.9 Å². The first-order valence-corrected chi connectivity index (χ1v) is 9.66. The molecule has 3 aromatic heterocycles. The van der Waals surface area contributed by atoms with Gasteiger partial charge in [0.05, 0.1) is 12.8 Å². The van der Waals surface area contributed by atoms with E-state index in [1.54, 1.807) is 19.3 Å². The van der Waals surface area contributed by atoms with Crippen LogP contribution in [0, 0.1) is 13.8 Å². The number of aliphatic imine (C=N–C) groups is 1. The number of aliphatic hydroxyl groups is 1. The summed E-state index contributed by atoms with van der Waals surface area (Å²) in [4.78, 5) is 8.95. The monoisotopic (exact) mass is 400 g/mol. The Balaban J connectivity index is 1.57. The molecule has 156 valence electrons. The number of hydrogen-bond acceptors (Lipinski definition) is 6. The maximum atomic E-state index is 10.8. The molecule has 29 heavy (non-hydrogen) atoms. The largest absolute Gasteiger partial charge is 0.466 e. The molecule has 0 amide bonds. The first-order valence-electron chi connectivity index (χ1n) is 9.66. The summed E-state index contributed by atoms with van der Waals surface area (Å²) < 4.78 is 10.8. The standard InChI is InChI=1S/C20H28N6O3/c1-5-21-19(23-12-20(4,27)15-11-13(2)29-14(15)3)22-9-8-17-24-18(26-25-17)16-7-6-10-28-16/h6-7,10-11,27H,5,8-9,12H2,1-4H3,(H2,21,22,23)(H,24,25,26). The maximum Gasteiger partial charge on any atom is 0.216 e. The number of nitrogens with zero attached hydrogens (tertiary/aromatic N) is 3.